The van der Waals surface area contributed by atoms with Crippen molar-refractivity contribution in [2.75, 3.05) is 13.7 Å². The topological polar surface area (TPSA) is 102 Å². The molecular formula is C20H20N2O5S3. The van der Waals surface area contributed by atoms with Gasteiger partial charge in [-0.25, -0.2) is 8.42 Å². The minimum absolute atomic E-state index is 0.144. The van der Waals surface area contributed by atoms with E-state index in [1.807, 2.05) is 0 Å². The molecule has 0 saturated carbocycles. The number of hydrogen-bond donors (Lipinski definition) is 2. The Kier molecular flexibility index (Phi) is 7.24. The van der Waals surface area contributed by atoms with Crippen LogP contribution in [0.2, 0.25) is 0 Å². The van der Waals surface area contributed by atoms with Gasteiger partial charge in [0.2, 0.25) is 0 Å². The summed E-state index contributed by atoms with van der Waals surface area (Å²) in [5.74, 6) is -1.08. The lowest BCUT2D eigenvalue weighted by Gasteiger charge is -2.16. The number of carbonyl (C=O) groups excluding carboxylic acids is 2. The molecule has 30 heavy (non-hydrogen) atoms. The SMILES string of the molecule is COc1cccc(CNC(=O)C(=O)NCC(c2cccs2)S(=O)(=O)c2cccs2)c1. The highest BCUT2D eigenvalue weighted by molar-refractivity contribution is 7.93. The molecule has 0 aliphatic carbocycles. The maximum absolute atomic E-state index is 13.0. The molecule has 1 aromatic carbocycles. The molecule has 2 aromatic heterocycles. The van der Waals surface area contributed by atoms with Crippen molar-refractivity contribution < 1.29 is 22.7 Å². The largest absolute Gasteiger partial charge is 0.497 e. The van der Waals surface area contributed by atoms with Gasteiger partial charge in [0.25, 0.3) is 0 Å². The van der Waals surface area contributed by atoms with Crippen molar-refractivity contribution in [3.63, 3.8) is 0 Å². The lowest BCUT2D eigenvalue weighted by atomic mass is 10.2. The van der Waals surface area contributed by atoms with Crippen molar-refractivity contribution in [1.29, 1.82) is 0 Å². The molecule has 0 saturated heterocycles. The Labute approximate surface area is 182 Å². The van der Waals surface area contributed by atoms with Gasteiger partial charge in [0.05, 0.1) is 7.11 Å². The summed E-state index contributed by atoms with van der Waals surface area (Å²) in [6, 6.07) is 13.7. The molecule has 3 aromatic rings. The van der Waals surface area contributed by atoms with Crippen LogP contribution in [0.25, 0.3) is 0 Å². The Bertz CT molecular complexity index is 1090. The number of carbonyl (C=O) groups is 2. The van der Waals surface area contributed by atoms with Crippen LogP contribution in [-0.2, 0) is 26.0 Å². The van der Waals surface area contributed by atoms with Gasteiger partial charge in [-0.1, -0.05) is 24.3 Å². The number of methoxy groups -OCH3 is 1. The van der Waals surface area contributed by atoms with Gasteiger partial charge in [-0.05, 0) is 40.6 Å². The number of hydrogen-bond acceptors (Lipinski definition) is 7. The maximum atomic E-state index is 13.0. The predicted molar refractivity (Wildman–Crippen MR) is 116 cm³/mol. The van der Waals surface area contributed by atoms with Gasteiger partial charge in [0.1, 0.15) is 15.2 Å². The van der Waals surface area contributed by atoms with Gasteiger partial charge >= 0.3 is 11.8 Å². The first-order valence-corrected chi connectivity index (χ1v) is 12.2. The highest BCUT2D eigenvalue weighted by atomic mass is 32.2. The van der Waals surface area contributed by atoms with Crippen LogP contribution in [0.1, 0.15) is 15.7 Å². The summed E-state index contributed by atoms with van der Waals surface area (Å²) in [5.41, 5.74) is 0.771. The number of nitrogens with one attached hydrogen (secondary N) is 2. The Morgan fingerprint density at radius 2 is 1.73 bits per heavy atom. The molecule has 0 spiro atoms. The average Bonchev–Trinajstić information content (AvgIpc) is 3.46. The molecule has 0 bridgehead atoms. The van der Waals surface area contributed by atoms with E-state index in [9.17, 15) is 18.0 Å². The molecule has 3 rings (SSSR count). The average molecular weight is 465 g/mol. The quantitative estimate of drug-likeness (QED) is 0.499. The summed E-state index contributed by atoms with van der Waals surface area (Å²) < 4.78 is 31.3. The molecule has 0 radical (unpaired) electrons. The lowest BCUT2D eigenvalue weighted by Crippen LogP contribution is -2.41. The molecule has 2 N–H and O–H groups in total. The molecular weight excluding hydrogens is 444 g/mol. The first kappa shape index (κ1) is 22.0. The number of ether oxygens (including phenoxy) is 1. The first-order chi connectivity index (χ1) is 14.4. The first-order valence-electron chi connectivity index (χ1n) is 8.91. The molecule has 1 unspecified atom stereocenters. The second-order valence-electron chi connectivity index (χ2n) is 6.23. The third-order valence-corrected chi connectivity index (χ3v) is 8.90. The second-order valence-corrected chi connectivity index (χ2v) is 10.5. The Hall–Kier alpha value is -2.69. The summed E-state index contributed by atoms with van der Waals surface area (Å²) >= 11 is 2.41. The van der Waals surface area contributed by atoms with Gasteiger partial charge in [-0.2, -0.15) is 0 Å². The van der Waals surface area contributed by atoms with E-state index in [-0.39, 0.29) is 17.3 Å². The van der Waals surface area contributed by atoms with Crippen LogP contribution in [0, 0.1) is 0 Å². The smallest absolute Gasteiger partial charge is 0.309 e. The van der Waals surface area contributed by atoms with E-state index in [0.717, 1.165) is 16.9 Å². The van der Waals surface area contributed by atoms with Crippen molar-refractivity contribution in [2.45, 2.75) is 16.0 Å². The lowest BCUT2D eigenvalue weighted by molar-refractivity contribution is -0.139. The highest BCUT2D eigenvalue weighted by Crippen LogP contribution is 2.33. The number of benzene rings is 1. The van der Waals surface area contributed by atoms with Crippen LogP contribution >= 0.6 is 22.7 Å². The minimum Gasteiger partial charge on any atom is -0.497 e. The van der Waals surface area contributed by atoms with E-state index in [1.165, 1.54) is 17.4 Å². The van der Waals surface area contributed by atoms with Crippen LogP contribution in [0.3, 0.4) is 0 Å². The number of amides is 2. The molecule has 10 heteroatoms. The van der Waals surface area contributed by atoms with E-state index in [4.69, 9.17) is 4.74 Å². The van der Waals surface area contributed by atoms with Crippen molar-refractivity contribution in [1.82, 2.24) is 10.6 Å². The predicted octanol–water partition coefficient (Wildman–Crippen LogP) is 2.77. The fourth-order valence-electron chi connectivity index (χ4n) is 2.71. The third-order valence-electron chi connectivity index (χ3n) is 4.25. The maximum Gasteiger partial charge on any atom is 0.309 e. The van der Waals surface area contributed by atoms with Crippen molar-refractivity contribution in [2.24, 2.45) is 0 Å². The van der Waals surface area contributed by atoms with E-state index in [1.54, 1.807) is 60.3 Å². The molecule has 0 aliphatic rings. The zero-order valence-corrected chi connectivity index (χ0v) is 18.5. The summed E-state index contributed by atoms with van der Waals surface area (Å²) in [7, 11) is -2.16. The number of rotatable bonds is 8. The van der Waals surface area contributed by atoms with Crippen LogP contribution < -0.4 is 15.4 Å². The minimum atomic E-state index is -3.70. The van der Waals surface area contributed by atoms with Crippen molar-refractivity contribution in [3.05, 3.63) is 69.7 Å². The zero-order valence-electron chi connectivity index (χ0n) is 16.0. The van der Waals surface area contributed by atoms with Crippen LogP contribution in [0.15, 0.2) is 63.5 Å². The highest BCUT2D eigenvalue weighted by Gasteiger charge is 2.31. The summed E-state index contributed by atoms with van der Waals surface area (Å²) in [4.78, 5) is 25.0. The van der Waals surface area contributed by atoms with E-state index < -0.39 is 26.9 Å². The Morgan fingerprint density at radius 1 is 1.00 bits per heavy atom. The molecule has 2 amide bonds. The molecule has 1 atom stereocenters. The number of sulfone groups is 1. The zero-order chi connectivity index (χ0) is 21.6. The summed E-state index contributed by atoms with van der Waals surface area (Å²) in [5, 5.41) is 7.47. The van der Waals surface area contributed by atoms with Crippen LogP contribution in [0.4, 0.5) is 0 Å². The Balaban J connectivity index is 1.63. The van der Waals surface area contributed by atoms with Gasteiger partial charge in [0.15, 0.2) is 9.84 Å². The molecule has 0 aliphatic heterocycles. The van der Waals surface area contributed by atoms with Crippen molar-refractivity contribution in [3.8, 4) is 5.75 Å². The fourth-order valence-corrected chi connectivity index (χ4v) is 6.70. The van der Waals surface area contributed by atoms with Gasteiger partial charge in [-0.3, -0.25) is 9.59 Å². The Morgan fingerprint density at radius 3 is 2.40 bits per heavy atom. The third kappa shape index (κ3) is 5.26. The van der Waals surface area contributed by atoms with E-state index in [0.29, 0.717) is 10.6 Å². The molecule has 0 fully saturated rings. The van der Waals surface area contributed by atoms with E-state index >= 15 is 0 Å². The summed E-state index contributed by atoms with van der Waals surface area (Å²) in [6.07, 6.45) is 0. The normalized spacial score (nSPS) is 12.2. The van der Waals surface area contributed by atoms with Crippen LogP contribution in [0.5, 0.6) is 5.75 Å². The molecule has 2 heterocycles. The van der Waals surface area contributed by atoms with Crippen LogP contribution in [-0.4, -0.2) is 33.9 Å². The standard InChI is InChI=1S/C20H20N2O5S3/c1-27-15-6-2-5-14(11-15)12-21-19(23)20(24)22-13-17(16-7-3-9-28-16)30(25,26)18-8-4-10-29-18/h2-11,17H,12-13H2,1H3,(H,21,23)(H,22,24). The fraction of sp³-hybridized carbons (Fsp3) is 0.200. The van der Waals surface area contributed by atoms with Gasteiger partial charge in [-0.15, -0.1) is 22.7 Å². The van der Waals surface area contributed by atoms with Gasteiger partial charge in [0, 0.05) is 18.0 Å². The molecule has 158 valence electrons. The van der Waals surface area contributed by atoms with Gasteiger partial charge < -0.3 is 15.4 Å². The summed E-state index contributed by atoms with van der Waals surface area (Å²) in [6.45, 7) is -0.0581. The second kappa shape index (κ2) is 9.88. The monoisotopic (exact) mass is 464 g/mol. The molecule has 7 nitrogen and oxygen atoms in total. The number of thiophene rings is 2. The van der Waals surface area contributed by atoms with E-state index in [2.05, 4.69) is 10.6 Å². The van der Waals surface area contributed by atoms with Crippen molar-refractivity contribution >= 4 is 44.3 Å².